The van der Waals surface area contributed by atoms with Crippen molar-refractivity contribution >= 4 is 27.3 Å². The van der Waals surface area contributed by atoms with Crippen LogP contribution in [0.1, 0.15) is 5.56 Å². The van der Waals surface area contributed by atoms with E-state index in [4.69, 9.17) is 4.74 Å². The Labute approximate surface area is 207 Å². The molecule has 0 fully saturated rings. The summed E-state index contributed by atoms with van der Waals surface area (Å²) in [7, 11) is -3.39. The van der Waals surface area contributed by atoms with Crippen LogP contribution in [0.15, 0.2) is 91.0 Å². The van der Waals surface area contributed by atoms with Gasteiger partial charge in [-0.05, 0) is 59.7 Å². The van der Waals surface area contributed by atoms with Crippen molar-refractivity contribution in [3.63, 3.8) is 0 Å². The van der Waals surface area contributed by atoms with Gasteiger partial charge in [-0.25, -0.2) is 17.2 Å². The van der Waals surface area contributed by atoms with E-state index < -0.39 is 21.7 Å². The van der Waals surface area contributed by atoms with Crippen LogP contribution in [0.3, 0.4) is 0 Å². The minimum atomic E-state index is -3.39. The van der Waals surface area contributed by atoms with E-state index in [1.165, 1.54) is 30.3 Å². The number of halogens is 2. The molecule has 6 nitrogen and oxygen atoms in total. The fraction of sp³-hybridized carbons (Fsp3) is 0.0741. The fourth-order valence-electron chi connectivity index (χ4n) is 3.53. The molecule has 2 N–H and O–H groups in total. The van der Waals surface area contributed by atoms with Crippen molar-refractivity contribution in [2.45, 2.75) is 6.42 Å². The Hall–Kier alpha value is -4.24. The quantitative estimate of drug-likeness (QED) is 0.307. The third-order valence-corrected chi connectivity index (χ3v) is 5.65. The van der Waals surface area contributed by atoms with Crippen LogP contribution in [-0.2, 0) is 21.2 Å². The van der Waals surface area contributed by atoms with E-state index in [0.29, 0.717) is 33.8 Å². The Kier molecular flexibility index (Phi) is 7.30. The van der Waals surface area contributed by atoms with Crippen molar-refractivity contribution in [3.8, 4) is 22.6 Å². The molecule has 0 aliphatic carbocycles. The van der Waals surface area contributed by atoms with Gasteiger partial charge in [-0.3, -0.25) is 9.52 Å². The first-order valence-electron chi connectivity index (χ1n) is 10.8. The average Bonchev–Trinajstić information content (AvgIpc) is 2.80. The first-order chi connectivity index (χ1) is 17.1. The van der Waals surface area contributed by atoms with Crippen LogP contribution in [0.25, 0.3) is 11.1 Å². The Bertz CT molecular complexity index is 1510. The number of rotatable bonds is 8. The SMILES string of the molecule is CS(=O)(=O)Nc1ccc(CC(=O)Nc2ccc(-c3cccc(F)c3)c(Oc3cccc(F)c3)c2)cc1. The van der Waals surface area contributed by atoms with E-state index in [9.17, 15) is 22.0 Å². The molecule has 0 spiro atoms. The lowest BCUT2D eigenvalue weighted by Gasteiger charge is -2.14. The second kappa shape index (κ2) is 10.6. The third kappa shape index (κ3) is 6.89. The Morgan fingerprint density at radius 1 is 0.833 bits per heavy atom. The Balaban J connectivity index is 1.55. The van der Waals surface area contributed by atoms with E-state index >= 15 is 0 Å². The summed E-state index contributed by atoms with van der Waals surface area (Å²) in [6.45, 7) is 0. The van der Waals surface area contributed by atoms with Gasteiger partial charge >= 0.3 is 0 Å². The highest BCUT2D eigenvalue weighted by Gasteiger charge is 2.13. The zero-order chi connectivity index (χ0) is 25.7. The van der Waals surface area contributed by atoms with Gasteiger partial charge in [-0.2, -0.15) is 0 Å². The number of carbonyl (C=O) groups excluding carboxylic acids is 1. The predicted octanol–water partition coefficient (Wildman–Crippen LogP) is 5.98. The Morgan fingerprint density at radius 3 is 2.17 bits per heavy atom. The van der Waals surface area contributed by atoms with Gasteiger partial charge in [0.1, 0.15) is 23.1 Å². The van der Waals surface area contributed by atoms with Gasteiger partial charge in [0.2, 0.25) is 15.9 Å². The lowest BCUT2D eigenvalue weighted by molar-refractivity contribution is -0.115. The highest BCUT2D eigenvalue weighted by atomic mass is 32.2. The molecule has 1 amide bonds. The molecular weight excluding hydrogens is 486 g/mol. The molecule has 0 unspecified atom stereocenters. The van der Waals surface area contributed by atoms with Crippen molar-refractivity contribution in [2.24, 2.45) is 0 Å². The van der Waals surface area contributed by atoms with Gasteiger partial charge in [0.05, 0.1) is 12.7 Å². The molecule has 4 rings (SSSR count). The molecule has 4 aromatic carbocycles. The second-order valence-corrected chi connectivity index (χ2v) is 9.83. The Morgan fingerprint density at radius 2 is 1.50 bits per heavy atom. The third-order valence-electron chi connectivity index (χ3n) is 5.05. The highest BCUT2D eigenvalue weighted by molar-refractivity contribution is 7.92. The van der Waals surface area contributed by atoms with E-state index in [1.807, 2.05) is 0 Å². The molecule has 36 heavy (non-hydrogen) atoms. The standard InChI is InChI=1S/C27H22F2N2O4S/c1-36(33,34)31-22-10-8-18(9-11-22)14-27(32)30-23-12-13-25(19-4-2-5-20(28)15-19)26(17-23)35-24-7-3-6-21(29)16-24/h2-13,15-17,31H,14H2,1H3,(H,30,32). The molecule has 0 atom stereocenters. The number of hydrogen-bond donors (Lipinski definition) is 2. The van der Waals surface area contributed by atoms with Crippen molar-refractivity contribution in [1.82, 2.24) is 0 Å². The largest absolute Gasteiger partial charge is 0.457 e. The topological polar surface area (TPSA) is 84.5 Å². The van der Waals surface area contributed by atoms with Gasteiger partial charge < -0.3 is 10.1 Å². The normalized spacial score (nSPS) is 11.1. The van der Waals surface area contributed by atoms with E-state index in [2.05, 4.69) is 10.0 Å². The number of ether oxygens (including phenoxy) is 1. The maximum atomic E-state index is 13.8. The van der Waals surface area contributed by atoms with Gasteiger partial charge in [0.15, 0.2) is 0 Å². The molecule has 0 saturated heterocycles. The van der Waals surface area contributed by atoms with E-state index in [0.717, 1.165) is 6.26 Å². The number of hydrogen-bond acceptors (Lipinski definition) is 4. The van der Waals surface area contributed by atoms with Gasteiger partial charge in [-0.15, -0.1) is 0 Å². The van der Waals surface area contributed by atoms with E-state index in [-0.39, 0.29) is 18.1 Å². The zero-order valence-corrected chi connectivity index (χ0v) is 20.0. The minimum Gasteiger partial charge on any atom is -0.457 e. The van der Waals surface area contributed by atoms with Gasteiger partial charge in [0, 0.05) is 29.1 Å². The molecule has 0 heterocycles. The molecule has 0 radical (unpaired) electrons. The summed E-state index contributed by atoms with van der Waals surface area (Å²) in [5.74, 6) is -0.644. The van der Waals surface area contributed by atoms with Crippen LogP contribution in [0.2, 0.25) is 0 Å². The van der Waals surface area contributed by atoms with Crippen molar-refractivity contribution < 1.29 is 26.7 Å². The molecule has 0 aliphatic heterocycles. The van der Waals surface area contributed by atoms with Crippen molar-refractivity contribution in [3.05, 3.63) is 108 Å². The first kappa shape index (κ1) is 24.9. The molecule has 0 aromatic heterocycles. The average molecular weight is 509 g/mol. The van der Waals surface area contributed by atoms with Crippen molar-refractivity contribution in [1.29, 1.82) is 0 Å². The van der Waals surface area contributed by atoms with Crippen LogP contribution < -0.4 is 14.8 Å². The van der Waals surface area contributed by atoms with Crippen LogP contribution >= 0.6 is 0 Å². The van der Waals surface area contributed by atoms with Crippen molar-refractivity contribution in [2.75, 3.05) is 16.3 Å². The molecule has 9 heteroatoms. The number of benzene rings is 4. The summed E-state index contributed by atoms with van der Waals surface area (Å²) < 4.78 is 58.5. The lowest BCUT2D eigenvalue weighted by Crippen LogP contribution is -2.14. The first-order valence-corrected chi connectivity index (χ1v) is 12.7. The summed E-state index contributed by atoms with van der Waals surface area (Å²) in [6, 6.07) is 23.0. The van der Waals surface area contributed by atoms with E-state index in [1.54, 1.807) is 60.7 Å². The number of carbonyl (C=O) groups is 1. The summed E-state index contributed by atoms with van der Waals surface area (Å²) in [6.07, 6.45) is 1.10. The lowest BCUT2D eigenvalue weighted by atomic mass is 10.0. The van der Waals surface area contributed by atoms with Gasteiger partial charge in [-0.1, -0.05) is 30.3 Å². The number of sulfonamides is 1. The van der Waals surface area contributed by atoms with Crippen LogP contribution in [-0.4, -0.2) is 20.6 Å². The van der Waals surface area contributed by atoms with Gasteiger partial charge in [0.25, 0.3) is 0 Å². The molecule has 0 aliphatic rings. The van der Waals surface area contributed by atoms with Crippen LogP contribution in [0.5, 0.6) is 11.5 Å². The predicted molar refractivity (Wildman–Crippen MR) is 136 cm³/mol. The number of amides is 1. The highest BCUT2D eigenvalue weighted by Crippen LogP contribution is 2.36. The summed E-state index contributed by atoms with van der Waals surface area (Å²) >= 11 is 0. The van der Waals surface area contributed by atoms with Crippen LogP contribution in [0, 0.1) is 11.6 Å². The smallest absolute Gasteiger partial charge is 0.229 e. The van der Waals surface area contributed by atoms with Crippen LogP contribution in [0.4, 0.5) is 20.2 Å². The maximum absolute atomic E-state index is 13.8. The summed E-state index contributed by atoms with van der Waals surface area (Å²) in [4.78, 5) is 12.6. The molecular formula is C27H22F2N2O4S. The minimum absolute atomic E-state index is 0.0465. The zero-order valence-electron chi connectivity index (χ0n) is 19.2. The monoisotopic (exact) mass is 508 g/mol. The molecule has 4 aromatic rings. The maximum Gasteiger partial charge on any atom is 0.229 e. The second-order valence-electron chi connectivity index (χ2n) is 8.08. The number of nitrogens with one attached hydrogen (secondary N) is 2. The molecule has 184 valence electrons. The number of anilines is 2. The molecule has 0 saturated carbocycles. The fourth-order valence-corrected chi connectivity index (χ4v) is 4.10. The molecule has 0 bridgehead atoms. The summed E-state index contributed by atoms with van der Waals surface area (Å²) in [5.41, 5.74) is 2.63. The summed E-state index contributed by atoms with van der Waals surface area (Å²) in [5, 5.41) is 2.79.